The fraction of sp³-hybridized carbons (Fsp3) is 0.250. The summed E-state index contributed by atoms with van der Waals surface area (Å²) in [6.07, 6.45) is 9.17. The molecule has 0 radical (unpaired) electrons. The largest absolute Gasteiger partial charge is 0.448 e. The van der Waals surface area contributed by atoms with Crippen LogP contribution in [-0.2, 0) is 24.1 Å². The van der Waals surface area contributed by atoms with Crippen molar-refractivity contribution >= 4 is 5.97 Å². The number of aromatic nitrogens is 2. The normalized spacial score (nSPS) is 16.1. The Labute approximate surface area is 193 Å². The van der Waals surface area contributed by atoms with Crippen LogP contribution in [0.15, 0.2) is 83.7 Å². The van der Waals surface area contributed by atoms with Gasteiger partial charge in [-0.25, -0.2) is 4.98 Å². The zero-order valence-corrected chi connectivity index (χ0v) is 18.6. The Balaban J connectivity index is 1.35. The van der Waals surface area contributed by atoms with Gasteiger partial charge < -0.3 is 9.15 Å². The van der Waals surface area contributed by atoms with Crippen molar-refractivity contribution in [3.63, 3.8) is 0 Å². The first-order valence-electron chi connectivity index (χ1n) is 11.4. The lowest BCUT2D eigenvalue weighted by atomic mass is 9.81. The number of fused-ring (bicyclic) bond motifs is 1. The van der Waals surface area contributed by atoms with Gasteiger partial charge in [-0.2, -0.15) is 0 Å². The highest BCUT2D eigenvalue weighted by molar-refractivity contribution is 5.70. The summed E-state index contributed by atoms with van der Waals surface area (Å²) >= 11 is 0. The molecular weight excluding hydrogens is 412 g/mol. The fourth-order valence-electron chi connectivity index (χ4n) is 4.79. The van der Waals surface area contributed by atoms with Gasteiger partial charge in [0.25, 0.3) is 0 Å². The zero-order chi connectivity index (χ0) is 22.6. The van der Waals surface area contributed by atoms with Crippen LogP contribution in [0.5, 0.6) is 5.75 Å². The number of oxazole rings is 1. The minimum atomic E-state index is -0.276. The molecule has 0 fully saturated rings. The Morgan fingerprint density at radius 1 is 1.09 bits per heavy atom. The molecule has 2 unspecified atom stereocenters. The Morgan fingerprint density at radius 3 is 2.73 bits per heavy atom. The first-order chi connectivity index (χ1) is 16.2. The van der Waals surface area contributed by atoms with Gasteiger partial charge in [0.1, 0.15) is 12.0 Å². The van der Waals surface area contributed by atoms with E-state index in [0.717, 1.165) is 48.1 Å². The van der Waals surface area contributed by atoms with Gasteiger partial charge in [-0.05, 0) is 66.0 Å². The highest BCUT2D eigenvalue weighted by Gasteiger charge is 2.25. The van der Waals surface area contributed by atoms with Crippen molar-refractivity contribution in [2.24, 2.45) is 5.92 Å². The predicted octanol–water partition coefficient (Wildman–Crippen LogP) is 5.52. The summed E-state index contributed by atoms with van der Waals surface area (Å²) in [6, 6.07) is 20.3. The van der Waals surface area contributed by atoms with Gasteiger partial charge in [-0.15, -0.1) is 0 Å². The van der Waals surface area contributed by atoms with E-state index in [1.165, 1.54) is 12.5 Å². The first kappa shape index (κ1) is 21.1. The number of carbonyl (C=O) groups is 1. The Morgan fingerprint density at radius 2 is 1.94 bits per heavy atom. The number of nitrogens with zero attached hydrogens (tertiary/aromatic N) is 2. The summed E-state index contributed by atoms with van der Waals surface area (Å²) in [5, 5.41) is 0. The number of pyridine rings is 1. The van der Waals surface area contributed by atoms with E-state index in [1.54, 1.807) is 12.5 Å². The molecule has 0 N–H and O–H groups in total. The van der Waals surface area contributed by atoms with Gasteiger partial charge in [0.05, 0.1) is 11.6 Å². The molecule has 4 aromatic rings. The van der Waals surface area contributed by atoms with Gasteiger partial charge in [-0.1, -0.05) is 48.5 Å². The SMILES string of the molecule is CC(=O)Oc1cccc2c1CCC(Cc1coc(C(c3ccccc3)c3cccnc3)n1)C2. The van der Waals surface area contributed by atoms with Crippen molar-refractivity contribution in [1.82, 2.24) is 9.97 Å². The molecule has 1 aliphatic carbocycles. The van der Waals surface area contributed by atoms with Crippen LogP contribution in [0, 0.1) is 5.92 Å². The van der Waals surface area contributed by atoms with Crippen LogP contribution in [-0.4, -0.2) is 15.9 Å². The smallest absolute Gasteiger partial charge is 0.308 e. The second kappa shape index (κ2) is 9.41. The van der Waals surface area contributed by atoms with Crippen molar-refractivity contribution < 1.29 is 13.9 Å². The second-order valence-electron chi connectivity index (χ2n) is 8.61. The highest BCUT2D eigenvalue weighted by atomic mass is 16.5. The molecule has 0 saturated carbocycles. The lowest BCUT2D eigenvalue weighted by Gasteiger charge is -2.25. The van der Waals surface area contributed by atoms with Crippen LogP contribution in [0.3, 0.4) is 0 Å². The minimum absolute atomic E-state index is 0.0907. The van der Waals surface area contributed by atoms with E-state index in [9.17, 15) is 4.79 Å². The molecule has 0 spiro atoms. The topological polar surface area (TPSA) is 65.2 Å². The number of hydrogen-bond acceptors (Lipinski definition) is 5. The molecule has 1 aliphatic rings. The number of ether oxygens (including phenoxy) is 1. The average Bonchev–Trinajstić information content (AvgIpc) is 3.28. The summed E-state index contributed by atoms with van der Waals surface area (Å²) in [7, 11) is 0. The van der Waals surface area contributed by atoms with Crippen molar-refractivity contribution in [3.05, 3.63) is 113 Å². The maximum atomic E-state index is 11.4. The predicted molar refractivity (Wildman–Crippen MR) is 125 cm³/mol. The molecule has 2 atom stereocenters. The molecular formula is C28H26N2O3. The highest BCUT2D eigenvalue weighted by Crippen LogP contribution is 2.35. The van der Waals surface area contributed by atoms with Gasteiger partial charge in [0, 0.05) is 19.3 Å². The summed E-state index contributed by atoms with van der Waals surface area (Å²) in [4.78, 5) is 20.6. The lowest BCUT2D eigenvalue weighted by Crippen LogP contribution is -2.18. The third-order valence-corrected chi connectivity index (χ3v) is 6.26. The van der Waals surface area contributed by atoms with Gasteiger partial charge in [0.2, 0.25) is 5.89 Å². The summed E-state index contributed by atoms with van der Waals surface area (Å²) in [5.41, 5.74) is 5.57. The monoisotopic (exact) mass is 438 g/mol. The quantitative estimate of drug-likeness (QED) is 0.293. The minimum Gasteiger partial charge on any atom is -0.448 e. The first-order valence-corrected chi connectivity index (χ1v) is 11.4. The van der Waals surface area contributed by atoms with Crippen LogP contribution < -0.4 is 4.74 Å². The van der Waals surface area contributed by atoms with Crippen molar-refractivity contribution in [2.45, 2.75) is 38.5 Å². The number of carbonyl (C=O) groups excluding carboxylic acids is 1. The fourth-order valence-corrected chi connectivity index (χ4v) is 4.79. The summed E-state index contributed by atoms with van der Waals surface area (Å²) < 4.78 is 11.4. The lowest BCUT2D eigenvalue weighted by molar-refractivity contribution is -0.131. The molecule has 166 valence electrons. The van der Waals surface area contributed by atoms with Crippen LogP contribution in [0.25, 0.3) is 0 Å². The third kappa shape index (κ3) is 4.72. The van der Waals surface area contributed by atoms with Crippen LogP contribution >= 0.6 is 0 Å². The molecule has 33 heavy (non-hydrogen) atoms. The van der Waals surface area contributed by atoms with Crippen molar-refractivity contribution in [1.29, 1.82) is 0 Å². The molecule has 2 aromatic carbocycles. The second-order valence-corrected chi connectivity index (χ2v) is 8.61. The van der Waals surface area contributed by atoms with E-state index in [4.69, 9.17) is 14.1 Å². The molecule has 2 heterocycles. The number of rotatable bonds is 6. The summed E-state index contributed by atoms with van der Waals surface area (Å²) in [5.74, 6) is 1.49. The molecule has 0 saturated heterocycles. The molecule has 0 bridgehead atoms. The van der Waals surface area contributed by atoms with E-state index in [-0.39, 0.29) is 11.9 Å². The maximum absolute atomic E-state index is 11.4. The summed E-state index contributed by atoms with van der Waals surface area (Å²) in [6.45, 7) is 1.45. The van der Waals surface area contributed by atoms with Gasteiger partial charge >= 0.3 is 5.97 Å². The van der Waals surface area contributed by atoms with Crippen LogP contribution in [0.2, 0.25) is 0 Å². The Kier molecular flexibility index (Phi) is 6.03. The molecule has 5 rings (SSSR count). The number of hydrogen-bond donors (Lipinski definition) is 0. The third-order valence-electron chi connectivity index (χ3n) is 6.26. The Hall–Kier alpha value is -3.73. The molecule has 5 nitrogen and oxygen atoms in total. The standard InChI is InChI=1S/C28H26N2O3/c1-19(31)33-26-11-5-9-22-15-20(12-13-25(22)26)16-24-18-32-28(30-24)27(21-7-3-2-4-8-21)23-10-6-14-29-17-23/h2-11,14,17-18,20,27H,12-13,15-16H2,1H3. The van der Waals surface area contributed by atoms with E-state index in [2.05, 4.69) is 29.2 Å². The van der Waals surface area contributed by atoms with E-state index in [1.807, 2.05) is 42.6 Å². The molecule has 5 heteroatoms. The van der Waals surface area contributed by atoms with Gasteiger partial charge in [0.15, 0.2) is 0 Å². The van der Waals surface area contributed by atoms with Crippen molar-refractivity contribution in [3.8, 4) is 5.75 Å². The average molecular weight is 439 g/mol. The number of benzene rings is 2. The van der Waals surface area contributed by atoms with Gasteiger partial charge in [-0.3, -0.25) is 9.78 Å². The van der Waals surface area contributed by atoms with Crippen molar-refractivity contribution in [2.75, 3.05) is 0 Å². The number of esters is 1. The molecule has 0 aliphatic heterocycles. The zero-order valence-electron chi connectivity index (χ0n) is 18.6. The van der Waals surface area contributed by atoms with Crippen LogP contribution in [0.1, 0.15) is 53.1 Å². The van der Waals surface area contributed by atoms with E-state index >= 15 is 0 Å². The molecule has 0 amide bonds. The van der Waals surface area contributed by atoms with E-state index in [0.29, 0.717) is 17.6 Å². The Bertz CT molecular complexity index is 1200. The van der Waals surface area contributed by atoms with E-state index < -0.39 is 0 Å². The molecule has 2 aromatic heterocycles. The van der Waals surface area contributed by atoms with Crippen LogP contribution in [0.4, 0.5) is 0 Å². The maximum Gasteiger partial charge on any atom is 0.308 e.